The van der Waals surface area contributed by atoms with Crippen molar-refractivity contribution in [3.63, 3.8) is 0 Å². The van der Waals surface area contributed by atoms with E-state index in [-0.39, 0.29) is 11.9 Å². The SMILES string of the molecule is O=C(NC[C@H](c1cccs1)N1CCOCC1)c1cc(-c2ccccn2)nc2ccccc12. The zero-order chi connectivity index (χ0) is 21.8. The predicted octanol–water partition coefficient (Wildman–Crippen LogP) is 4.16. The topological polar surface area (TPSA) is 67.4 Å². The fourth-order valence-corrected chi connectivity index (χ4v) is 4.93. The van der Waals surface area contributed by atoms with Gasteiger partial charge in [0.1, 0.15) is 0 Å². The maximum Gasteiger partial charge on any atom is 0.252 e. The van der Waals surface area contributed by atoms with Gasteiger partial charge in [0, 0.05) is 36.1 Å². The van der Waals surface area contributed by atoms with Crippen molar-refractivity contribution in [1.29, 1.82) is 0 Å². The Hall–Kier alpha value is -3.13. The molecule has 0 saturated carbocycles. The van der Waals surface area contributed by atoms with Crippen LogP contribution in [0.2, 0.25) is 0 Å². The van der Waals surface area contributed by atoms with Gasteiger partial charge in [0.05, 0.1) is 41.7 Å². The van der Waals surface area contributed by atoms with Gasteiger partial charge < -0.3 is 10.1 Å². The summed E-state index contributed by atoms with van der Waals surface area (Å²) in [7, 11) is 0. The summed E-state index contributed by atoms with van der Waals surface area (Å²) in [5.74, 6) is -0.101. The molecular weight excluding hydrogens is 420 g/mol. The number of para-hydroxylation sites is 1. The van der Waals surface area contributed by atoms with Crippen molar-refractivity contribution < 1.29 is 9.53 Å². The molecule has 6 nitrogen and oxygen atoms in total. The molecule has 1 aliphatic heterocycles. The highest BCUT2D eigenvalue weighted by atomic mass is 32.1. The number of nitrogens with zero attached hydrogens (tertiary/aromatic N) is 3. The lowest BCUT2D eigenvalue weighted by atomic mass is 10.1. The monoisotopic (exact) mass is 444 g/mol. The lowest BCUT2D eigenvalue weighted by Crippen LogP contribution is -2.43. The van der Waals surface area contributed by atoms with Crippen LogP contribution in [0.3, 0.4) is 0 Å². The van der Waals surface area contributed by atoms with Crippen LogP contribution in [0.4, 0.5) is 0 Å². The Balaban J connectivity index is 1.44. The summed E-state index contributed by atoms with van der Waals surface area (Å²) >= 11 is 1.72. The molecule has 0 radical (unpaired) electrons. The number of morpholine rings is 1. The number of hydrogen-bond acceptors (Lipinski definition) is 6. The van der Waals surface area contributed by atoms with Crippen LogP contribution >= 0.6 is 11.3 Å². The standard InChI is InChI=1S/C25H24N4O2S/c30-25(27-17-23(24-9-5-15-32-24)29-11-13-31-14-12-29)19-16-22(21-8-3-4-10-26-21)28-20-7-2-1-6-18(19)20/h1-10,15-16,23H,11-14,17H2,(H,27,30)/t23-/m1/s1. The van der Waals surface area contributed by atoms with Gasteiger partial charge in [-0.25, -0.2) is 4.98 Å². The number of rotatable bonds is 6. The van der Waals surface area contributed by atoms with Crippen LogP contribution < -0.4 is 5.32 Å². The second-order valence-corrected chi connectivity index (χ2v) is 8.66. The van der Waals surface area contributed by atoms with Crippen molar-refractivity contribution in [2.24, 2.45) is 0 Å². The highest BCUT2D eigenvalue weighted by Crippen LogP contribution is 2.27. The van der Waals surface area contributed by atoms with E-state index in [0.717, 1.165) is 42.9 Å². The van der Waals surface area contributed by atoms with Crippen molar-refractivity contribution in [3.05, 3.63) is 82.7 Å². The number of thiophene rings is 1. The van der Waals surface area contributed by atoms with Crippen LogP contribution in [0.5, 0.6) is 0 Å². The number of ether oxygens (including phenoxy) is 1. The Labute approximate surface area is 190 Å². The van der Waals surface area contributed by atoms with Crippen LogP contribution in [-0.2, 0) is 4.74 Å². The minimum absolute atomic E-state index is 0.101. The molecule has 0 aliphatic carbocycles. The first-order valence-corrected chi connectivity index (χ1v) is 11.6. The van der Waals surface area contributed by atoms with Gasteiger partial charge in [-0.1, -0.05) is 30.3 Å². The van der Waals surface area contributed by atoms with Gasteiger partial charge in [-0.05, 0) is 35.7 Å². The smallest absolute Gasteiger partial charge is 0.252 e. The highest BCUT2D eigenvalue weighted by Gasteiger charge is 2.24. The lowest BCUT2D eigenvalue weighted by molar-refractivity contribution is 0.0169. The van der Waals surface area contributed by atoms with E-state index >= 15 is 0 Å². The molecule has 32 heavy (non-hydrogen) atoms. The van der Waals surface area contributed by atoms with E-state index in [9.17, 15) is 4.79 Å². The van der Waals surface area contributed by atoms with Crippen molar-refractivity contribution >= 4 is 28.1 Å². The van der Waals surface area contributed by atoms with E-state index in [1.807, 2.05) is 48.5 Å². The number of benzene rings is 1. The molecule has 1 aromatic carbocycles. The Kier molecular flexibility index (Phi) is 6.20. The molecule has 0 unspecified atom stereocenters. The van der Waals surface area contributed by atoms with Crippen LogP contribution in [-0.4, -0.2) is 53.6 Å². The third-order valence-electron chi connectivity index (χ3n) is 5.70. The van der Waals surface area contributed by atoms with Gasteiger partial charge >= 0.3 is 0 Å². The predicted molar refractivity (Wildman–Crippen MR) is 127 cm³/mol. The van der Waals surface area contributed by atoms with Crippen molar-refractivity contribution in [3.8, 4) is 11.4 Å². The molecule has 1 N–H and O–H groups in total. The second-order valence-electron chi connectivity index (χ2n) is 7.68. The minimum Gasteiger partial charge on any atom is -0.379 e. The Bertz CT molecular complexity index is 1190. The Morgan fingerprint density at radius 3 is 2.69 bits per heavy atom. The molecule has 1 fully saturated rings. The molecule has 4 aromatic rings. The van der Waals surface area contributed by atoms with E-state index in [2.05, 4.69) is 32.7 Å². The van der Waals surface area contributed by atoms with Crippen LogP contribution in [0.25, 0.3) is 22.3 Å². The van der Waals surface area contributed by atoms with E-state index in [0.29, 0.717) is 17.8 Å². The zero-order valence-corrected chi connectivity index (χ0v) is 18.4. The molecule has 0 bridgehead atoms. The molecule has 1 atom stereocenters. The Morgan fingerprint density at radius 2 is 1.91 bits per heavy atom. The van der Waals surface area contributed by atoms with Gasteiger partial charge in [-0.2, -0.15) is 0 Å². The van der Waals surface area contributed by atoms with Crippen LogP contribution in [0.1, 0.15) is 21.3 Å². The van der Waals surface area contributed by atoms with Gasteiger partial charge in [-0.3, -0.25) is 14.7 Å². The number of aromatic nitrogens is 2. The zero-order valence-electron chi connectivity index (χ0n) is 17.6. The van der Waals surface area contributed by atoms with Gasteiger partial charge in [-0.15, -0.1) is 11.3 Å². The van der Waals surface area contributed by atoms with E-state index in [1.165, 1.54) is 4.88 Å². The number of carbonyl (C=O) groups is 1. The number of nitrogens with one attached hydrogen (secondary N) is 1. The van der Waals surface area contributed by atoms with Crippen molar-refractivity contribution in [1.82, 2.24) is 20.2 Å². The summed E-state index contributed by atoms with van der Waals surface area (Å²) in [6.45, 7) is 3.70. The van der Waals surface area contributed by atoms with Crippen LogP contribution in [0.15, 0.2) is 72.2 Å². The third-order valence-corrected chi connectivity index (χ3v) is 6.68. The summed E-state index contributed by atoms with van der Waals surface area (Å²) in [4.78, 5) is 26.2. The number of amides is 1. The lowest BCUT2D eigenvalue weighted by Gasteiger charge is -2.34. The first-order valence-electron chi connectivity index (χ1n) is 10.7. The van der Waals surface area contributed by atoms with Crippen LogP contribution in [0, 0.1) is 0 Å². The molecular formula is C25H24N4O2S. The summed E-state index contributed by atoms with van der Waals surface area (Å²) in [6, 6.07) is 19.6. The quantitative estimate of drug-likeness (QED) is 0.484. The minimum atomic E-state index is -0.101. The molecule has 162 valence electrons. The van der Waals surface area contributed by atoms with E-state index in [1.54, 1.807) is 17.5 Å². The average molecular weight is 445 g/mol. The maximum atomic E-state index is 13.4. The molecule has 1 aliphatic rings. The highest BCUT2D eigenvalue weighted by molar-refractivity contribution is 7.10. The van der Waals surface area contributed by atoms with Gasteiger partial charge in [0.2, 0.25) is 0 Å². The number of pyridine rings is 2. The number of hydrogen-bond donors (Lipinski definition) is 1. The maximum absolute atomic E-state index is 13.4. The fraction of sp³-hybridized carbons (Fsp3) is 0.240. The number of fused-ring (bicyclic) bond motifs is 1. The van der Waals surface area contributed by atoms with Crippen molar-refractivity contribution in [2.75, 3.05) is 32.8 Å². The summed E-state index contributed by atoms with van der Waals surface area (Å²) in [5, 5.41) is 6.11. The third kappa shape index (κ3) is 4.41. The first-order chi connectivity index (χ1) is 15.8. The second kappa shape index (κ2) is 9.56. The Morgan fingerprint density at radius 1 is 1.06 bits per heavy atom. The molecule has 4 heterocycles. The molecule has 0 spiro atoms. The summed E-state index contributed by atoms with van der Waals surface area (Å²) in [5.41, 5.74) is 2.83. The molecule has 5 rings (SSSR count). The van der Waals surface area contributed by atoms with Gasteiger partial charge in [0.25, 0.3) is 5.91 Å². The molecule has 3 aromatic heterocycles. The van der Waals surface area contributed by atoms with Gasteiger partial charge in [0.15, 0.2) is 0 Å². The summed E-state index contributed by atoms with van der Waals surface area (Å²) in [6.07, 6.45) is 1.74. The normalized spacial score (nSPS) is 15.5. The van der Waals surface area contributed by atoms with E-state index in [4.69, 9.17) is 9.72 Å². The fourth-order valence-electron chi connectivity index (χ4n) is 4.07. The van der Waals surface area contributed by atoms with Crippen molar-refractivity contribution in [2.45, 2.75) is 6.04 Å². The molecule has 1 saturated heterocycles. The average Bonchev–Trinajstić information content (AvgIpc) is 3.39. The summed E-state index contributed by atoms with van der Waals surface area (Å²) < 4.78 is 5.53. The largest absolute Gasteiger partial charge is 0.379 e. The molecule has 7 heteroatoms. The van der Waals surface area contributed by atoms with E-state index < -0.39 is 0 Å². The number of carbonyl (C=O) groups excluding carboxylic acids is 1. The first kappa shape index (κ1) is 20.8. The molecule has 1 amide bonds.